The van der Waals surface area contributed by atoms with E-state index in [2.05, 4.69) is 17.9 Å². The second-order valence-electron chi connectivity index (χ2n) is 4.91. The third-order valence-corrected chi connectivity index (χ3v) is 3.63. The van der Waals surface area contributed by atoms with Crippen molar-refractivity contribution in [2.45, 2.75) is 4.90 Å². The molecule has 3 nitrogen and oxygen atoms in total. The van der Waals surface area contributed by atoms with Gasteiger partial charge in [0.25, 0.3) is 5.91 Å². The summed E-state index contributed by atoms with van der Waals surface area (Å²) in [6.45, 7) is 0. The van der Waals surface area contributed by atoms with Gasteiger partial charge in [0.2, 0.25) is 0 Å². The van der Waals surface area contributed by atoms with E-state index in [0.29, 0.717) is 21.9 Å². The van der Waals surface area contributed by atoms with Gasteiger partial charge in [-0.1, -0.05) is 30.3 Å². The summed E-state index contributed by atoms with van der Waals surface area (Å²) in [5.74, 6) is 1.30. The van der Waals surface area contributed by atoms with Crippen molar-refractivity contribution in [2.75, 3.05) is 5.32 Å². The minimum absolute atomic E-state index is 0.188. The molecule has 3 aromatic carbocycles. The number of carbonyl (C=O) groups is 1. The average molecular weight is 321 g/mol. The van der Waals surface area contributed by atoms with Crippen LogP contribution in [0.15, 0.2) is 83.8 Å². The van der Waals surface area contributed by atoms with Gasteiger partial charge in [-0.05, 0) is 48.5 Å². The Kier molecular flexibility index (Phi) is 4.64. The first-order valence-electron chi connectivity index (χ1n) is 7.15. The molecule has 3 rings (SSSR count). The van der Waals surface area contributed by atoms with E-state index >= 15 is 0 Å². The van der Waals surface area contributed by atoms with Crippen molar-refractivity contribution < 1.29 is 9.53 Å². The van der Waals surface area contributed by atoms with Gasteiger partial charge >= 0.3 is 0 Å². The third-order valence-electron chi connectivity index (χ3n) is 3.24. The third kappa shape index (κ3) is 3.93. The molecule has 0 fully saturated rings. The summed E-state index contributed by atoms with van der Waals surface area (Å²) < 4.78 is 5.72. The maximum absolute atomic E-state index is 12.2. The highest BCUT2D eigenvalue weighted by Gasteiger charge is 2.09. The molecule has 0 saturated carbocycles. The second-order valence-corrected chi connectivity index (χ2v) is 5.39. The van der Waals surface area contributed by atoms with Crippen molar-refractivity contribution in [1.29, 1.82) is 0 Å². The molecule has 0 radical (unpaired) electrons. The van der Waals surface area contributed by atoms with Crippen molar-refractivity contribution in [3.05, 3.63) is 84.4 Å². The van der Waals surface area contributed by atoms with Gasteiger partial charge in [0.15, 0.2) is 0 Å². The number of hydrogen-bond donors (Lipinski definition) is 2. The van der Waals surface area contributed by atoms with Crippen LogP contribution in [0.2, 0.25) is 0 Å². The Morgan fingerprint density at radius 1 is 0.783 bits per heavy atom. The van der Waals surface area contributed by atoms with Crippen LogP contribution < -0.4 is 10.1 Å². The minimum Gasteiger partial charge on any atom is -0.457 e. The predicted octanol–water partition coefficient (Wildman–Crippen LogP) is 5.02. The molecule has 114 valence electrons. The number of carbonyl (C=O) groups excluding carboxylic acids is 1. The van der Waals surface area contributed by atoms with Gasteiger partial charge in [-0.3, -0.25) is 4.79 Å². The van der Waals surface area contributed by atoms with Gasteiger partial charge in [0.1, 0.15) is 11.5 Å². The standard InChI is InChI=1S/C19H15NO2S/c21-19(17-8-4-5-9-18(17)23)20-14-10-12-16(13-11-14)22-15-6-2-1-3-7-15/h1-13,23H,(H,20,21). The molecule has 0 aromatic heterocycles. The Labute approximate surface area is 140 Å². The summed E-state index contributed by atoms with van der Waals surface area (Å²) in [6.07, 6.45) is 0. The zero-order chi connectivity index (χ0) is 16.1. The highest BCUT2D eigenvalue weighted by atomic mass is 32.1. The van der Waals surface area contributed by atoms with Crippen LogP contribution in [0.25, 0.3) is 0 Å². The molecule has 23 heavy (non-hydrogen) atoms. The Morgan fingerprint density at radius 3 is 2.09 bits per heavy atom. The van der Waals surface area contributed by atoms with Gasteiger partial charge in [-0.15, -0.1) is 12.6 Å². The average Bonchev–Trinajstić information content (AvgIpc) is 2.58. The zero-order valence-corrected chi connectivity index (χ0v) is 13.2. The SMILES string of the molecule is O=C(Nc1ccc(Oc2ccccc2)cc1)c1ccccc1S. The van der Waals surface area contributed by atoms with Crippen LogP contribution >= 0.6 is 12.6 Å². The molecule has 0 aliphatic heterocycles. The maximum atomic E-state index is 12.2. The fourth-order valence-corrected chi connectivity index (χ4v) is 2.36. The number of amides is 1. The second kappa shape index (κ2) is 7.03. The number of para-hydroxylation sites is 1. The molecule has 0 aliphatic rings. The molecule has 0 aliphatic carbocycles. The first kappa shape index (κ1) is 15.2. The van der Waals surface area contributed by atoms with Crippen LogP contribution in [-0.2, 0) is 0 Å². The summed E-state index contributed by atoms with van der Waals surface area (Å²) in [4.78, 5) is 12.9. The lowest BCUT2D eigenvalue weighted by molar-refractivity contribution is 0.102. The summed E-state index contributed by atoms with van der Waals surface area (Å²) in [5, 5.41) is 2.85. The first-order chi connectivity index (χ1) is 11.2. The first-order valence-corrected chi connectivity index (χ1v) is 7.59. The molecular formula is C19H15NO2S. The van der Waals surface area contributed by atoms with Crippen molar-refractivity contribution in [3.63, 3.8) is 0 Å². The van der Waals surface area contributed by atoms with E-state index in [1.54, 1.807) is 24.3 Å². The van der Waals surface area contributed by atoms with E-state index in [9.17, 15) is 4.79 Å². The maximum Gasteiger partial charge on any atom is 0.256 e. The monoisotopic (exact) mass is 321 g/mol. The van der Waals surface area contributed by atoms with Crippen LogP contribution in [0.1, 0.15) is 10.4 Å². The van der Waals surface area contributed by atoms with Gasteiger partial charge < -0.3 is 10.1 Å². The molecule has 0 spiro atoms. The number of thiol groups is 1. The number of nitrogens with one attached hydrogen (secondary N) is 1. The molecule has 1 N–H and O–H groups in total. The Bertz CT molecular complexity index is 801. The number of benzene rings is 3. The van der Waals surface area contributed by atoms with Gasteiger partial charge in [0, 0.05) is 10.6 Å². The van der Waals surface area contributed by atoms with E-state index in [0.717, 1.165) is 5.75 Å². The van der Waals surface area contributed by atoms with Gasteiger partial charge in [-0.2, -0.15) is 0 Å². The smallest absolute Gasteiger partial charge is 0.256 e. The summed E-state index contributed by atoms with van der Waals surface area (Å²) in [6, 6.07) is 24.0. The normalized spacial score (nSPS) is 10.1. The van der Waals surface area contributed by atoms with Gasteiger partial charge in [-0.25, -0.2) is 0 Å². The fourth-order valence-electron chi connectivity index (χ4n) is 2.10. The fraction of sp³-hybridized carbons (Fsp3) is 0. The predicted molar refractivity (Wildman–Crippen MR) is 94.6 cm³/mol. The van der Waals surface area contributed by atoms with Crippen molar-refractivity contribution >= 4 is 24.2 Å². The lowest BCUT2D eigenvalue weighted by Gasteiger charge is -2.09. The van der Waals surface area contributed by atoms with Crippen LogP contribution in [0.3, 0.4) is 0 Å². The number of hydrogen-bond acceptors (Lipinski definition) is 3. The molecule has 0 bridgehead atoms. The molecule has 0 heterocycles. The molecule has 1 amide bonds. The zero-order valence-electron chi connectivity index (χ0n) is 12.3. The van der Waals surface area contributed by atoms with E-state index in [1.807, 2.05) is 54.6 Å². The van der Waals surface area contributed by atoms with Crippen molar-refractivity contribution in [2.24, 2.45) is 0 Å². The largest absolute Gasteiger partial charge is 0.457 e. The van der Waals surface area contributed by atoms with E-state index in [-0.39, 0.29) is 5.91 Å². The summed E-state index contributed by atoms with van der Waals surface area (Å²) in [7, 11) is 0. The molecule has 3 aromatic rings. The van der Waals surface area contributed by atoms with Crippen LogP contribution in [0.5, 0.6) is 11.5 Å². The van der Waals surface area contributed by atoms with Gasteiger partial charge in [0.05, 0.1) is 5.56 Å². The summed E-state index contributed by atoms with van der Waals surface area (Å²) >= 11 is 4.29. The van der Waals surface area contributed by atoms with Crippen LogP contribution in [0, 0.1) is 0 Å². The lowest BCUT2D eigenvalue weighted by atomic mass is 10.2. The number of anilines is 1. The Morgan fingerprint density at radius 2 is 1.39 bits per heavy atom. The summed E-state index contributed by atoms with van der Waals surface area (Å²) in [5.41, 5.74) is 1.24. The minimum atomic E-state index is -0.188. The number of rotatable bonds is 4. The van der Waals surface area contributed by atoms with E-state index in [1.165, 1.54) is 0 Å². The molecule has 0 atom stereocenters. The van der Waals surface area contributed by atoms with Crippen molar-refractivity contribution in [3.8, 4) is 11.5 Å². The van der Waals surface area contributed by atoms with Crippen LogP contribution in [-0.4, -0.2) is 5.91 Å². The van der Waals surface area contributed by atoms with E-state index in [4.69, 9.17) is 4.74 Å². The van der Waals surface area contributed by atoms with E-state index < -0.39 is 0 Å². The molecule has 0 saturated heterocycles. The number of ether oxygens (including phenoxy) is 1. The topological polar surface area (TPSA) is 38.3 Å². The van der Waals surface area contributed by atoms with Crippen molar-refractivity contribution in [1.82, 2.24) is 0 Å². The quantitative estimate of drug-likeness (QED) is 0.662. The molecule has 4 heteroatoms. The molecule has 0 unspecified atom stereocenters. The highest BCUT2D eigenvalue weighted by molar-refractivity contribution is 7.80. The highest BCUT2D eigenvalue weighted by Crippen LogP contribution is 2.23. The Balaban J connectivity index is 1.68. The molecular weight excluding hydrogens is 306 g/mol. The lowest BCUT2D eigenvalue weighted by Crippen LogP contribution is -2.12. The van der Waals surface area contributed by atoms with Crippen LogP contribution in [0.4, 0.5) is 5.69 Å². The Hall–Kier alpha value is -2.72.